The molecule has 0 bridgehead atoms. The summed E-state index contributed by atoms with van der Waals surface area (Å²) >= 11 is 12.7. The number of amides is 1. The summed E-state index contributed by atoms with van der Waals surface area (Å²) < 4.78 is 68.6. The van der Waals surface area contributed by atoms with Crippen LogP contribution in [0.4, 0.5) is 14.5 Å². The fourth-order valence-electron chi connectivity index (χ4n) is 4.70. The van der Waals surface area contributed by atoms with Crippen molar-refractivity contribution in [2.45, 2.75) is 36.9 Å². The van der Waals surface area contributed by atoms with Crippen molar-refractivity contribution in [1.29, 1.82) is 0 Å². The van der Waals surface area contributed by atoms with E-state index < -0.39 is 46.9 Å². The molecule has 46 heavy (non-hydrogen) atoms. The second-order valence-corrected chi connectivity index (χ2v) is 13.8. The van der Waals surface area contributed by atoms with E-state index in [2.05, 4.69) is 9.72 Å². The van der Waals surface area contributed by atoms with Crippen LogP contribution in [-0.4, -0.2) is 69.2 Å². The summed E-state index contributed by atoms with van der Waals surface area (Å²) in [5.74, 6) is -2.90. The number of hydrogen-bond acceptors (Lipinski definition) is 9. The van der Waals surface area contributed by atoms with Gasteiger partial charge in [0.05, 0.1) is 32.8 Å². The molecule has 1 atom stereocenters. The van der Waals surface area contributed by atoms with Crippen LogP contribution >= 0.6 is 23.2 Å². The Morgan fingerprint density at radius 1 is 1.07 bits per heavy atom. The van der Waals surface area contributed by atoms with Crippen LogP contribution in [0, 0.1) is 5.92 Å². The van der Waals surface area contributed by atoms with Crippen LogP contribution in [0.3, 0.4) is 0 Å². The molecule has 1 aliphatic heterocycles. The summed E-state index contributed by atoms with van der Waals surface area (Å²) in [7, 11) is -1.27. The molecule has 11 nitrogen and oxygen atoms in total. The number of anilines is 1. The van der Waals surface area contributed by atoms with Gasteiger partial charge in [0.2, 0.25) is 10.0 Å². The molecule has 1 fully saturated rings. The van der Waals surface area contributed by atoms with E-state index in [1.807, 2.05) is 0 Å². The maximum atomic E-state index is 13.4. The second kappa shape index (κ2) is 13.5. The molecule has 0 saturated heterocycles. The largest absolute Gasteiger partial charge is 0.489 e. The van der Waals surface area contributed by atoms with Crippen molar-refractivity contribution in [2.24, 2.45) is 5.92 Å². The second-order valence-electron chi connectivity index (χ2n) is 10.8. The van der Waals surface area contributed by atoms with Gasteiger partial charge in [0.1, 0.15) is 12.6 Å². The van der Waals surface area contributed by atoms with Crippen molar-refractivity contribution in [2.75, 3.05) is 32.1 Å². The molecular weight excluding hydrogens is 671 g/mol. The van der Waals surface area contributed by atoms with Gasteiger partial charge in [0, 0.05) is 32.9 Å². The third-order valence-corrected chi connectivity index (χ3v) is 9.81. The molecular formula is C30H27Cl2F2N3O8S. The summed E-state index contributed by atoms with van der Waals surface area (Å²) in [6.07, 6.45) is 3.37. The van der Waals surface area contributed by atoms with E-state index in [4.69, 9.17) is 32.7 Å². The van der Waals surface area contributed by atoms with Crippen LogP contribution in [-0.2, 0) is 30.8 Å². The number of esters is 1. The van der Waals surface area contributed by atoms with E-state index in [1.165, 1.54) is 56.8 Å². The maximum absolute atomic E-state index is 13.4. The Labute approximate surface area is 273 Å². The monoisotopic (exact) mass is 697 g/mol. The number of aromatic nitrogens is 1. The number of halogens is 4. The molecule has 16 heteroatoms. The molecule has 3 aromatic rings. The number of benzene rings is 2. The van der Waals surface area contributed by atoms with Gasteiger partial charge in [-0.15, -0.1) is 0 Å². The molecule has 0 N–H and O–H groups in total. The van der Waals surface area contributed by atoms with Crippen molar-refractivity contribution < 1.29 is 45.8 Å². The standard InChI is InChI=1S/C30H27Cl2F2N3O8S/c1-36(2)46(41,42)18-6-7-23-20(10-18)28(39)29(40)37(23)14-27(38)44-25(11-19-21(31)12-35-13-22(19)32)17-5-8-24(45-30(33)34)26(9-17)43-15-16-3-4-16/h5-10,12-13,16,25,30H,3-4,11,14-15H2,1-2H3. The molecule has 2 heterocycles. The minimum Gasteiger partial charge on any atom is -0.489 e. The number of alkyl halides is 2. The molecule has 5 rings (SSSR count). The summed E-state index contributed by atoms with van der Waals surface area (Å²) in [5.41, 5.74) is 0.537. The van der Waals surface area contributed by atoms with Gasteiger partial charge in [0.15, 0.2) is 11.5 Å². The Bertz CT molecular complexity index is 1780. The predicted octanol–water partition coefficient (Wildman–Crippen LogP) is 5.09. The van der Waals surface area contributed by atoms with E-state index in [9.17, 15) is 31.6 Å². The highest BCUT2D eigenvalue weighted by atomic mass is 35.5. The first-order valence-electron chi connectivity index (χ1n) is 13.9. The van der Waals surface area contributed by atoms with Gasteiger partial charge in [-0.2, -0.15) is 8.78 Å². The number of sulfonamides is 1. The highest BCUT2D eigenvalue weighted by Crippen LogP contribution is 2.38. The highest BCUT2D eigenvalue weighted by Gasteiger charge is 2.39. The summed E-state index contributed by atoms with van der Waals surface area (Å²) in [6.45, 7) is -3.54. The average Bonchev–Trinajstić information content (AvgIpc) is 3.80. The Morgan fingerprint density at radius 3 is 2.39 bits per heavy atom. The third-order valence-electron chi connectivity index (χ3n) is 7.35. The summed E-state index contributed by atoms with van der Waals surface area (Å²) in [6, 6.07) is 7.65. The number of ether oxygens (including phenoxy) is 3. The normalized spacial score (nSPS) is 15.3. The smallest absolute Gasteiger partial charge is 0.387 e. The molecule has 244 valence electrons. The number of ketones is 1. The number of carbonyl (C=O) groups is 3. The van der Waals surface area contributed by atoms with Gasteiger partial charge in [-0.05, 0) is 60.2 Å². The Balaban J connectivity index is 1.44. The lowest BCUT2D eigenvalue weighted by Crippen LogP contribution is -2.36. The first-order chi connectivity index (χ1) is 21.8. The number of pyridine rings is 1. The van der Waals surface area contributed by atoms with Crippen molar-refractivity contribution >= 4 is 56.6 Å². The van der Waals surface area contributed by atoms with Crippen molar-refractivity contribution in [3.8, 4) is 11.5 Å². The molecule has 1 unspecified atom stereocenters. The molecule has 1 saturated carbocycles. The lowest BCUT2D eigenvalue weighted by molar-refractivity contribution is -0.148. The lowest BCUT2D eigenvalue weighted by Gasteiger charge is -2.23. The number of hydrogen-bond donors (Lipinski definition) is 0. The van der Waals surface area contributed by atoms with Gasteiger partial charge in [-0.3, -0.25) is 24.3 Å². The predicted molar refractivity (Wildman–Crippen MR) is 162 cm³/mol. The fraction of sp³-hybridized carbons (Fsp3) is 0.333. The van der Waals surface area contributed by atoms with E-state index >= 15 is 0 Å². The zero-order valence-corrected chi connectivity index (χ0v) is 26.7. The Hall–Kier alpha value is -3.85. The summed E-state index contributed by atoms with van der Waals surface area (Å²) in [5, 5.41) is 0.350. The van der Waals surface area contributed by atoms with Crippen molar-refractivity contribution in [1.82, 2.24) is 9.29 Å². The number of fused-ring (bicyclic) bond motifs is 1. The molecule has 2 aromatic carbocycles. The van der Waals surface area contributed by atoms with E-state index in [0.717, 1.165) is 28.1 Å². The molecule has 0 radical (unpaired) electrons. The van der Waals surface area contributed by atoms with Crippen LogP contribution < -0.4 is 14.4 Å². The van der Waals surface area contributed by atoms with E-state index in [-0.39, 0.29) is 56.6 Å². The minimum atomic E-state index is -3.91. The van der Waals surface area contributed by atoms with Gasteiger partial charge in [-0.1, -0.05) is 29.3 Å². The third kappa shape index (κ3) is 7.25. The highest BCUT2D eigenvalue weighted by molar-refractivity contribution is 7.89. The van der Waals surface area contributed by atoms with Crippen LogP contribution in [0.5, 0.6) is 11.5 Å². The number of carbonyl (C=O) groups excluding carboxylic acids is 3. The van der Waals surface area contributed by atoms with Crippen molar-refractivity contribution in [3.05, 3.63) is 75.5 Å². The maximum Gasteiger partial charge on any atom is 0.387 e. The van der Waals surface area contributed by atoms with Crippen LogP contribution in [0.1, 0.15) is 40.4 Å². The fourth-order valence-corrected chi connectivity index (χ4v) is 6.15. The number of Topliss-reactive ketones (excluding diaryl/α,β-unsaturated/α-hetero) is 1. The zero-order chi connectivity index (χ0) is 33.3. The molecule has 0 spiro atoms. The van der Waals surface area contributed by atoms with Gasteiger partial charge in [-0.25, -0.2) is 12.7 Å². The van der Waals surface area contributed by atoms with Crippen LogP contribution in [0.2, 0.25) is 10.0 Å². The van der Waals surface area contributed by atoms with Gasteiger partial charge >= 0.3 is 12.6 Å². The lowest BCUT2D eigenvalue weighted by atomic mass is 10.0. The first kappa shape index (κ1) is 33.5. The molecule has 2 aliphatic rings. The van der Waals surface area contributed by atoms with E-state index in [1.54, 1.807) is 0 Å². The number of rotatable bonds is 13. The van der Waals surface area contributed by atoms with Gasteiger partial charge < -0.3 is 14.2 Å². The van der Waals surface area contributed by atoms with Crippen LogP contribution in [0.15, 0.2) is 53.7 Å². The Kier molecular flexibility index (Phi) is 9.82. The Morgan fingerprint density at radius 2 is 1.76 bits per heavy atom. The summed E-state index contributed by atoms with van der Waals surface area (Å²) in [4.78, 5) is 43.7. The van der Waals surface area contributed by atoms with E-state index in [0.29, 0.717) is 11.1 Å². The van der Waals surface area contributed by atoms with Crippen LogP contribution in [0.25, 0.3) is 0 Å². The first-order valence-corrected chi connectivity index (χ1v) is 16.1. The topological polar surface area (TPSA) is 132 Å². The molecule has 1 aromatic heterocycles. The molecule has 1 aliphatic carbocycles. The average molecular weight is 699 g/mol. The minimum absolute atomic E-state index is 0.00963. The quantitative estimate of drug-likeness (QED) is 0.177. The SMILES string of the molecule is CN(C)S(=O)(=O)c1ccc2c(c1)C(=O)C(=O)N2CC(=O)OC(Cc1c(Cl)cncc1Cl)c1ccc(OC(F)F)c(OCC2CC2)c1. The molecule has 1 amide bonds. The number of nitrogens with zero attached hydrogens (tertiary/aromatic N) is 3. The van der Waals surface area contributed by atoms with Crippen molar-refractivity contribution in [3.63, 3.8) is 0 Å². The zero-order valence-electron chi connectivity index (χ0n) is 24.4. The van der Waals surface area contributed by atoms with Gasteiger partial charge in [0.25, 0.3) is 11.7 Å².